The van der Waals surface area contributed by atoms with Gasteiger partial charge in [0.2, 0.25) is 0 Å². The van der Waals surface area contributed by atoms with Crippen molar-refractivity contribution in [1.29, 1.82) is 0 Å². The van der Waals surface area contributed by atoms with Gasteiger partial charge in [0.1, 0.15) is 0 Å². The summed E-state index contributed by atoms with van der Waals surface area (Å²) in [5.41, 5.74) is 0. The van der Waals surface area contributed by atoms with Gasteiger partial charge in [0, 0.05) is 13.2 Å². The number of unbranched alkanes of at least 4 members (excludes halogenated alkanes) is 2. The highest BCUT2D eigenvalue weighted by molar-refractivity contribution is 7.99. The SMILES string of the molecule is OCCCCCOCC(S)S. The summed E-state index contributed by atoms with van der Waals surface area (Å²) in [5.74, 6) is 0. The zero-order chi connectivity index (χ0) is 8.53. The van der Waals surface area contributed by atoms with E-state index in [2.05, 4.69) is 25.3 Å². The Labute approximate surface area is 79.1 Å². The van der Waals surface area contributed by atoms with E-state index in [1.807, 2.05) is 0 Å². The second-order valence-electron chi connectivity index (χ2n) is 2.34. The first kappa shape index (κ1) is 11.6. The first-order valence-corrected chi connectivity index (χ1v) is 4.85. The van der Waals surface area contributed by atoms with Gasteiger partial charge in [0.15, 0.2) is 0 Å². The Morgan fingerprint density at radius 2 is 1.91 bits per heavy atom. The van der Waals surface area contributed by atoms with E-state index in [4.69, 9.17) is 9.84 Å². The van der Waals surface area contributed by atoms with Crippen molar-refractivity contribution in [2.45, 2.75) is 23.8 Å². The quantitative estimate of drug-likeness (QED) is 0.326. The fourth-order valence-corrected chi connectivity index (χ4v) is 0.892. The van der Waals surface area contributed by atoms with Crippen LogP contribution in [0.4, 0.5) is 0 Å². The molecule has 0 spiro atoms. The molecule has 0 saturated carbocycles. The van der Waals surface area contributed by atoms with Crippen molar-refractivity contribution in [2.75, 3.05) is 19.8 Å². The molecular weight excluding hydrogens is 180 g/mol. The van der Waals surface area contributed by atoms with Crippen molar-refractivity contribution in [3.05, 3.63) is 0 Å². The molecule has 2 nitrogen and oxygen atoms in total. The number of rotatable bonds is 7. The molecule has 0 rings (SSSR count). The van der Waals surface area contributed by atoms with Crippen molar-refractivity contribution < 1.29 is 9.84 Å². The molecule has 0 aliphatic carbocycles. The summed E-state index contributed by atoms with van der Waals surface area (Å²) in [6, 6.07) is 0. The summed E-state index contributed by atoms with van der Waals surface area (Å²) in [6.07, 6.45) is 2.91. The molecule has 0 radical (unpaired) electrons. The zero-order valence-corrected chi connectivity index (χ0v) is 8.36. The van der Waals surface area contributed by atoms with Crippen LogP contribution in [0.2, 0.25) is 0 Å². The van der Waals surface area contributed by atoms with Crippen LogP contribution in [-0.4, -0.2) is 29.5 Å². The third kappa shape index (κ3) is 10.6. The van der Waals surface area contributed by atoms with Crippen LogP contribution in [0.3, 0.4) is 0 Å². The normalized spacial score (nSPS) is 10.9. The van der Waals surface area contributed by atoms with Crippen LogP contribution in [0, 0.1) is 0 Å². The third-order valence-electron chi connectivity index (χ3n) is 1.21. The standard InChI is InChI=1S/C7H16O2S2/c8-4-2-1-3-5-9-6-7(10)11/h7-8,10-11H,1-6H2. The molecule has 0 aromatic rings. The Balaban J connectivity index is 2.80. The van der Waals surface area contributed by atoms with Crippen LogP contribution < -0.4 is 0 Å². The fraction of sp³-hybridized carbons (Fsp3) is 1.00. The molecular formula is C7H16O2S2. The average Bonchev–Trinajstić information content (AvgIpc) is 1.96. The number of ether oxygens (including phenoxy) is 1. The maximum atomic E-state index is 8.45. The van der Waals surface area contributed by atoms with Crippen LogP contribution in [0.25, 0.3) is 0 Å². The lowest BCUT2D eigenvalue weighted by molar-refractivity contribution is 0.140. The van der Waals surface area contributed by atoms with Gasteiger partial charge in [0.25, 0.3) is 0 Å². The molecule has 0 amide bonds. The first-order chi connectivity index (χ1) is 5.27. The summed E-state index contributed by atoms with van der Waals surface area (Å²) in [4.78, 5) is 0. The molecule has 0 atom stereocenters. The number of hydrogen-bond donors (Lipinski definition) is 3. The Kier molecular flexibility index (Phi) is 9.21. The smallest absolute Gasteiger partial charge is 0.0675 e. The molecule has 0 unspecified atom stereocenters. The first-order valence-electron chi connectivity index (χ1n) is 3.82. The molecule has 0 heterocycles. The molecule has 68 valence electrons. The van der Waals surface area contributed by atoms with Gasteiger partial charge in [-0.05, 0) is 19.3 Å². The topological polar surface area (TPSA) is 29.5 Å². The summed E-state index contributed by atoms with van der Waals surface area (Å²) in [6.45, 7) is 1.62. The van der Waals surface area contributed by atoms with E-state index in [-0.39, 0.29) is 11.2 Å². The second kappa shape index (κ2) is 8.71. The van der Waals surface area contributed by atoms with Crippen molar-refractivity contribution >= 4 is 25.3 Å². The molecule has 0 fully saturated rings. The van der Waals surface area contributed by atoms with Gasteiger partial charge >= 0.3 is 0 Å². The van der Waals surface area contributed by atoms with E-state index < -0.39 is 0 Å². The summed E-state index contributed by atoms with van der Waals surface area (Å²) in [7, 11) is 0. The van der Waals surface area contributed by atoms with E-state index in [0.717, 1.165) is 25.9 Å². The number of aliphatic hydroxyl groups excluding tert-OH is 1. The molecule has 0 aliphatic heterocycles. The molecule has 0 aromatic carbocycles. The second-order valence-corrected chi connectivity index (χ2v) is 3.99. The lowest BCUT2D eigenvalue weighted by Gasteiger charge is -2.04. The number of hydrogen-bond acceptors (Lipinski definition) is 4. The van der Waals surface area contributed by atoms with E-state index in [0.29, 0.717) is 6.61 Å². The highest BCUT2D eigenvalue weighted by Crippen LogP contribution is 2.01. The van der Waals surface area contributed by atoms with Gasteiger partial charge < -0.3 is 9.84 Å². The molecule has 0 saturated heterocycles. The van der Waals surface area contributed by atoms with Crippen LogP contribution in [0.15, 0.2) is 0 Å². The Morgan fingerprint density at radius 1 is 1.18 bits per heavy atom. The van der Waals surface area contributed by atoms with Gasteiger partial charge in [-0.3, -0.25) is 0 Å². The Bertz CT molecular complexity index is 78.8. The Hall–Kier alpha value is 0.620. The average molecular weight is 196 g/mol. The number of aliphatic hydroxyl groups is 1. The predicted molar refractivity (Wildman–Crippen MR) is 53.5 cm³/mol. The predicted octanol–water partition coefficient (Wildman–Crippen LogP) is 1.35. The maximum absolute atomic E-state index is 8.45. The summed E-state index contributed by atoms with van der Waals surface area (Å²) < 4.78 is 5.23. The van der Waals surface area contributed by atoms with Crippen LogP contribution in [0.5, 0.6) is 0 Å². The van der Waals surface area contributed by atoms with Crippen LogP contribution in [-0.2, 0) is 4.74 Å². The minimum Gasteiger partial charge on any atom is -0.396 e. The summed E-state index contributed by atoms with van der Waals surface area (Å²) in [5, 5.41) is 8.45. The van der Waals surface area contributed by atoms with E-state index in [1.165, 1.54) is 0 Å². The van der Waals surface area contributed by atoms with Gasteiger partial charge in [-0.15, -0.1) is 0 Å². The molecule has 4 heteroatoms. The monoisotopic (exact) mass is 196 g/mol. The highest BCUT2D eigenvalue weighted by Gasteiger charge is 1.94. The van der Waals surface area contributed by atoms with Gasteiger partial charge in [-0.1, -0.05) is 0 Å². The third-order valence-corrected chi connectivity index (χ3v) is 1.51. The molecule has 0 aromatic heterocycles. The van der Waals surface area contributed by atoms with Crippen molar-refractivity contribution in [2.24, 2.45) is 0 Å². The van der Waals surface area contributed by atoms with Crippen molar-refractivity contribution in [3.63, 3.8) is 0 Å². The largest absolute Gasteiger partial charge is 0.396 e. The lowest BCUT2D eigenvalue weighted by Crippen LogP contribution is -2.03. The fourth-order valence-electron chi connectivity index (χ4n) is 0.681. The zero-order valence-electron chi connectivity index (χ0n) is 6.57. The maximum Gasteiger partial charge on any atom is 0.0675 e. The van der Waals surface area contributed by atoms with Gasteiger partial charge in [0.05, 0.1) is 11.2 Å². The lowest BCUT2D eigenvalue weighted by atomic mass is 10.2. The van der Waals surface area contributed by atoms with E-state index in [1.54, 1.807) is 0 Å². The molecule has 1 N–H and O–H groups in total. The molecule has 11 heavy (non-hydrogen) atoms. The minimum absolute atomic E-state index is 0.0211. The highest BCUT2D eigenvalue weighted by atomic mass is 32.2. The van der Waals surface area contributed by atoms with Crippen molar-refractivity contribution in [1.82, 2.24) is 0 Å². The molecule has 0 aliphatic rings. The van der Waals surface area contributed by atoms with Crippen LogP contribution >= 0.6 is 25.3 Å². The van der Waals surface area contributed by atoms with Gasteiger partial charge in [-0.2, -0.15) is 25.3 Å². The number of thiol groups is 2. The van der Waals surface area contributed by atoms with E-state index >= 15 is 0 Å². The van der Waals surface area contributed by atoms with Crippen LogP contribution in [0.1, 0.15) is 19.3 Å². The van der Waals surface area contributed by atoms with E-state index in [9.17, 15) is 0 Å². The Morgan fingerprint density at radius 3 is 2.45 bits per heavy atom. The minimum atomic E-state index is 0.0211. The summed E-state index contributed by atoms with van der Waals surface area (Å²) >= 11 is 8.08. The molecule has 0 bridgehead atoms. The van der Waals surface area contributed by atoms with Crippen molar-refractivity contribution in [3.8, 4) is 0 Å². The van der Waals surface area contributed by atoms with Gasteiger partial charge in [-0.25, -0.2) is 0 Å².